The van der Waals surface area contributed by atoms with E-state index in [2.05, 4.69) is 14.5 Å². The summed E-state index contributed by atoms with van der Waals surface area (Å²) in [6, 6.07) is 0. The van der Waals surface area contributed by atoms with E-state index in [0.717, 1.165) is 0 Å². The standard InChI is InChI=1S/C13H10ClF6NO4/c1-3-24-10(22)5-7(14)6(11(23)25-4-2)9(13(18,19)20)21-8(5)12(15,16)17/h3-4H2,1-2H3. The van der Waals surface area contributed by atoms with Gasteiger partial charge in [0.05, 0.1) is 18.2 Å². The molecule has 0 saturated carbocycles. The molecule has 0 fully saturated rings. The van der Waals surface area contributed by atoms with Gasteiger partial charge in [0.25, 0.3) is 0 Å². The quantitative estimate of drug-likeness (QED) is 0.568. The van der Waals surface area contributed by atoms with Crippen LogP contribution >= 0.6 is 11.6 Å². The molecule has 25 heavy (non-hydrogen) atoms. The fourth-order valence-corrected chi connectivity index (χ4v) is 2.08. The molecule has 0 unspecified atom stereocenters. The predicted octanol–water partition coefficient (Wildman–Crippen LogP) is 4.13. The fraction of sp³-hybridized carbons (Fsp3) is 0.462. The molecule has 0 radical (unpaired) electrons. The van der Waals surface area contributed by atoms with E-state index < -0.39 is 51.8 Å². The van der Waals surface area contributed by atoms with Gasteiger partial charge in [0.1, 0.15) is 11.1 Å². The number of carbonyl (C=O) groups excluding carboxylic acids is 2. The Hall–Kier alpha value is -2.04. The summed E-state index contributed by atoms with van der Waals surface area (Å²) in [6.45, 7) is 1.73. The lowest BCUT2D eigenvalue weighted by atomic mass is 10.1. The van der Waals surface area contributed by atoms with Crippen molar-refractivity contribution in [3.8, 4) is 0 Å². The molecule has 0 amide bonds. The molecule has 1 rings (SSSR count). The minimum absolute atomic E-state index is 0.387. The van der Waals surface area contributed by atoms with Crippen LogP contribution in [-0.2, 0) is 21.8 Å². The molecule has 1 aromatic rings. The molecule has 140 valence electrons. The van der Waals surface area contributed by atoms with Crippen LogP contribution in [0.1, 0.15) is 46.0 Å². The first-order valence-corrected chi connectivity index (χ1v) is 6.96. The fourth-order valence-electron chi connectivity index (χ4n) is 1.75. The highest BCUT2D eigenvalue weighted by Crippen LogP contribution is 2.41. The summed E-state index contributed by atoms with van der Waals surface area (Å²) in [5.41, 5.74) is -7.41. The average molecular weight is 394 g/mol. The van der Waals surface area contributed by atoms with Gasteiger partial charge in [-0.25, -0.2) is 14.6 Å². The van der Waals surface area contributed by atoms with Gasteiger partial charge in [-0.2, -0.15) is 26.3 Å². The summed E-state index contributed by atoms with van der Waals surface area (Å²) in [7, 11) is 0. The number of hydrogen-bond acceptors (Lipinski definition) is 5. The van der Waals surface area contributed by atoms with E-state index in [-0.39, 0.29) is 13.2 Å². The van der Waals surface area contributed by atoms with E-state index in [1.165, 1.54) is 13.8 Å². The molecule has 0 aromatic carbocycles. The largest absolute Gasteiger partial charge is 0.462 e. The van der Waals surface area contributed by atoms with Crippen molar-refractivity contribution in [3.63, 3.8) is 0 Å². The monoisotopic (exact) mass is 393 g/mol. The maximum Gasteiger partial charge on any atom is 0.434 e. The van der Waals surface area contributed by atoms with Gasteiger partial charge in [-0.15, -0.1) is 0 Å². The Labute approximate surface area is 141 Å². The van der Waals surface area contributed by atoms with E-state index in [4.69, 9.17) is 11.6 Å². The summed E-state index contributed by atoms with van der Waals surface area (Å²) in [5, 5.41) is -1.40. The third kappa shape index (κ3) is 4.53. The molecule has 0 aliphatic rings. The van der Waals surface area contributed by atoms with Crippen molar-refractivity contribution in [3.05, 3.63) is 27.5 Å². The number of pyridine rings is 1. The van der Waals surface area contributed by atoms with Crippen LogP contribution < -0.4 is 0 Å². The number of rotatable bonds is 4. The predicted molar refractivity (Wildman–Crippen MR) is 71.2 cm³/mol. The van der Waals surface area contributed by atoms with Crippen molar-refractivity contribution in [2.45, 2.75) is 26.2 Å². The first-order valence-electron chi connectivity index (χ1n) is 6.58. The summed E-state index contributed by atoms with van der Waals surface area (Å²) in [5.74, 6) is -3.35. The maximum atomic E-state index is 13.1. The SMILES string of the molecule is CCOC(=O)c1c(C(F)(F)F)nc(C(F)(F)F)c(C(=O)OCC)c1Cl. The molecule has 0 bridgehead atoms. The second-order valence-corrected chi connectivity index (χ2v) is 4.69. The number of carbonyl (C=O) groups is 2. The van der Waals surface area contributed by atoms with Crippen LogP contribution in [0.2, 0.25) is 5.02 Å². The van der Waals surface area contributed by atoms with Gasteiger partial charge in [-0.1, -0.05) is 11.6 Å². The minimum Gasteiger partial charge on any atom is -0.462 e. The highest BCUT2D eigenvalue weighted by Gasteiger charge is 2.47. The first kappa shape index (κ1) is 21.0. The van der Waals surface area contributed by atoms with Gasteiger partial charge in [0, 0.05) is 0 Å². The Bertz CT molecular complexity index is 632. The molecule has 12 heteroatoms. The van der Waals surface area contributed by atoms with Crippen LogP contribution in [0.15, 0.2) is 0 Å². The number of halogens is 7. The highest BCUT2D eigenvalue weighted by atomic mass is 35.5. The van der Waals surface area contributed by atoms with Gasteiger partial charge in [0.2, 0.25) is 0 Å². The number of alkyl halides is 6. The first-order chi connectivity index (χ1) is 11.4. The molecule has 1 aromatic heterocycles. The third-order valence-electron chi connectivity index (χ3n) is 2.63. The van der Waals surface area contributed by atoms with Crippen molar-refractivity contribution in [1.82, 2.24) is 4.98 Å². The van der Waals surface area contributed by atoms with Crippen LogP contribution in [0.4, 0.5) is 26.3 Å². The van der Waals surface area contributed by atoms with E-state index >= 15 is 0 Å². The van der Waals surface area contributed by atoms with Crippen molar-refractivity contribution in [2.24, 2.45) is 0 Å². The number of hydrogen-bond donors (Lipinski definition) is 0. The van der Waals surface area contributed by atoms with E-state index in [9.17, 15) is 35.9 Å². The lowest BCUT2D eigenvalue weighted by molar-refractivity contribution is -0.150. The molecule has 5 nitrogen and oxygen atoms in total. The Morgan fingerprint density at radius 1 is 0.880 bits per heavy atom. The summed E-state index contributed by atoms with van der Waals surface area (Å²) < 4.78 is 87.1. The van der Waals surface area contributed by atoms with Gasteiger partial charge >= 0.3 is 24.3 Å². The van der Waals surface area contributed by atoms with Crippen LogP contribution in [0.5, 0.6) is 0 Å². The second kappa shape index (κ2) is 7.46. The molecule has 1 heterocycles. The Balaban J connectivity index is 3.92. The second-order valence-electron chi connectivity index (χ2n) is 4.31. The van der Waals surface area contributed by atoms with E-state index in [1.54, 1.807) is 0 Å². The van der Waals surface area contributed by atoms with Crippen molar-refractivity contribution >= 4 is 23.5 Å². The summed E-state index contributed by atoms with van der Waals surface area (Å²) in [4.78, 5) is 25.9. The lowest BCUT2D eigenvalue weighted by Gasteiger charge is -2.19. The Morgan fingerprint density at radius 3 is 1.44 bits per heavy atom. The van der Waals surface area contributed by atoms with Gasteiger partial charge in [-0.3, -0.25) is 0 Å². The molecule has 0 aliphatic carbocycles. The molecule has 0 N–H and O–H groups in total. The zero-order chi connectivity index (χ0) is 19.6. The Kier molecular flexibility index (Phi) is 6.27. The van der Waals surface area contributed by atoms with Crippen LogP contribution in [0, 0.1) is 0 Å². The van der Waals surface area contributed by atoms with Gasteiger partial charge < -0.3 is 9.47 Å². The molecule has 0 saturated heterocycles. The summed E-state index contributed by atoms with van der Waals surface area (Å²) in [6.07, 6.45) is -10.9. The van der Waals surface area contributed by atoms with Crippen LogP contribution in [-0.4, -0.2) is 30.1 Å². The smallest absolute Gasteiger partial charge is 0.434 e. The normalized spacial score (nSPS) is 12.0. The van der Waals surface area contributed by atoms with Crippen LogP contribution in [0.3, 0.4) is 0 Å². The third-order valence-corrected chi connectivity index (χ3v) is 3.01. The van der Waals surface area contributed by atoms with Crippen molar-refractivity contribution in [2.75, 3.05) is 13.2 Å². The highest BCUT2D eigenvalue weighted by molar-refractivity contribution is 6.36. The number of esters is 2. The number of aromatic nitrogens is 1. The zero-order valence-corrected chi connectivity index (χ0v) is 13.4. The van der Waals surface area contributed by atoms with Gasteiger partial charge in [-0.05, 0) is 13.8 Å². The average Bonchev–Trinajstić information content (AvgIpc) is 2.44. The molecule has 0 spiro atoms. The molecular weight excluding hydrogens is 384 g/mol. The molecular formula is C13H10ClF6NO4. The lowest BCUT2D eigenvalue weighted by Crippen LogP contribution is -2.26. The summed E-state index contributed by atoms with van der Waals surface area (Å²) >= 11 is 5.55. The zero-order valence-electron chi connectivity index (χ0n) is 12.6. The number of nitrogens with zero attached hydrogens (tertiary/aromatic N) is 1. The topological polar surface area (TPSA) is 65.5 Å². The minimum atomic E-state index is -5.46. The molecule has 0 atom stereocenters. The van der Waals surface area contributed by atoms with Crippen molar-refractivity contribution in [1.29, 1.82) is 0 Å². The van der Waals surface area contributed by atoms with Crippen LogP contribution in [0.25, 0.3) is 0 Å². The Morgan fingerprint density at radius 2 is 1.20 bits per heavy atom. The van der Waals surface area contributed by atoms with E-state index in [0.29, 0.717) is 0 Å². The van der Waals surface area contributed by atoms with E-state index in [1.807, 2.05) is 0 Å². The number of ether oxygens (including phenoxy) is 2. The maximum absolute atomic E-state index is 13.1. The van der Waals surface area contributed by atoms with Gasteiger partial charge in [0.15, 0.2) is 11.4 Å². The van der Waals surface area contributed by atoms with Crippen molar-refractivity contribution < 1.29 is 45.4 Å². The molecule has 0 aliphatic heterocycles.